The summed E-state index contributed by atoms with van der Waals surface area (Å²) >= 11 is 3.19. The van der Waals surface area contributed by atoms with E-state index in [1.54, 1.807) is 23.1 Å². The molecule has 0 aliphatic rings. The van der Waals surface area contributed by atoms with Crippen LogP contribution in [-0.2, 0) is 4.79 Å². The molecule has 0 aromatic carbocycles. The fourth-order valence-electron chi connectivity index (χ4n) is 1.40. The highest BCUT2D eigenvalue weighted by molar-refractivity contribution is 9.10. The van der Waals surface area contributed by atoms with E-state index in [1.165, 1.54) is 6.08 Å². The Balaban J connectivity index is 2.66. The molecule has 0 atom stereocenters. The van der Waals surface area contributed by atoms with Crippen molar-refractivity contribution in [3.63, 3.8) is 0 Å². The van der Waals surface area contributed by atoms with Crippen molar-refractivity contribution in [1.82, 2.24) is 4.90 Å². The Morgan fingerprint density at radius 3 is 2.76 bits per heavy atom. The van der Waals surface area contributed by atoms with Crippen molar-refractivity contribution >= 4 is 27.9 Å². The van der Waals surface area contributed by atoms with E-state index in [9.17, 15) is 4.79 Å². The number of halogens is 1. The number of carbonyl (C=O) groups is 1. The Bertz CT molecular complexity index is 398. The highest BCUT2D eigenvalue weighted by Crippen LogP contribution is 2.15. The number of rotatable bonds is 5. The van der Waals surface area contributed by atoms with Gasteiger partial charge in [-0.1, -0.05) is 0 Å². The molecule has 0 bridgehead atoms. The van der Waals surface area contributed by atoms with Crippen molar-refractivity contribution < 1.29 is 14.3 Å². The van der Waals surface area contributed by atoms with Crippen molar-refractivity contribution in [2.24, 2.45) is 0 Å². The summed E-state index contributed by atoms with van der Waals surface area (Å²) in [6.45, 7) is 4.11. The summed E-state index contributed by atoms with van der Waals surface area (Å²) in [6.07, 6.45) is 3.06. The fourth-order valence-corrected chi connectivity index (χ4v) is 1.72. The first-order valence-corrected chi connectivity index (χ1v) is 6.18. The van der Waals surface area contributed by atoms with Crippen LogP contribution in [0.1, 0.15) is 19.6 Å². The Morgan fingerprint density at radius 1 is 1.59 bits per heavy atom. The number of nitrogens with zero attached hydrogens (tertiary/aromatic N) is 1. The molecule has 17 heavy (non-hydrogen) atoms. The average Bonchev–Trinajstić information content (AvgIpc) is 2.68. The van der Waals surface area contributed by atoms with E-state index in [-0.39, 0.29) is 18.6 Å². The maximum absolute atomic E-state index is 11.8. The minimum absolute atomic E-state index is 0.0376. The molecule has 1 N–H and O–H groups in total. The average molecular weight is 302 g/mol. The number of aliphatic hydroxyl groups is 1. The number of carbonyl (C=O) groups excluding carboxylic acids is 1. The molecule has 0 saturated carbocycles. The van der Waals surface area contributed by atoms with Crippen LogP contribution >= 0.6 is 15.9 Å². The normalized spacial score (nSPS) is 11.4. The molecular formula is C12H16BrNO3. The highest BCUT2D eigenvalue weighted by atomic mass is 79.9. The van der Waals surface area contributed by atoms with E-state index in [1.807, 2.05) is 13.8 Å². The lowest BCUT2D eigenvalue weighted by Gasteiger charge is -2.24. The maximum Gasteiger partial charge on any atom is 0.246 e. The van der Waals surface area contributed by atoms with Crippen molar-refractivity contribution in [2.75, 3.05) is 13.2 Å². The molecule has 0 fully saturated rings. The molecule has 0 aliphatic carbocycles. The molecule has 0 aliphatic heterocycles. The lowest BCUT2D eigenvalue weighted by molar-refractivity contribution is -0.128. The first-order chi connectivity index (χ1) is 8.04. The van der Waals surface area contributed by atoms with Crippen molar-refractivity contribution in [1.29, 1.82) is 0 Å². The van der Waals surface area contributed by atoms with Crippen molar-refractivity contribution in [2.45, 2.75) is 19.9 Å². The monoisotopic (exact) mass is 301 g/mol. The van der Waals surface area contributed by atoms with Gasteiger partial charge in [0.05, 0.1) is 6.61 Å². The number of amides is 1. The Hall–Kier alpha value is -1.07. The third kappa shape index (κ3) is 4.36. The lowest BCUT2D eigenvalue weighted by atomic mass is 10.3. The smallest absolute Gasteiger partial charge is 0.246 e. The molecule has 5 heteroatoms. The SMILES string of the molecule is CC(C)N(CCO)C(=O)/C=C/c1ccc(Br)o1. The Morgan fingerprint density at radius 2 is 2.29 bits per heavy atom. The largest absolute Gasteiger partial charge is 0.450 e. The first kappa shape index (κ1) is 14.0. The molecule has 0 unspecified atom stereocenters. The van der Waals surface area contributed by atoms with Crippen LogP contribution in [0.25, 0.3) is 6.08 Å². The van der Waals surface area contributed by atoms with Gasteiger partial charge in [0.15, 0.2) is 4.67 Å². The van der Waals surface area contributed by atoms with Crippen LogP contribution in [0.15, 0.2) is 27.3 Å². The van der Waals surface area contributed by atoms with Gasteiger partial charge in [-0.3, -0.25) is 4.79 Å². The predicted octanol–water partition coefficient (Wildman–Crippen LogP) is 2.28. The van der Waals surface area contributed by atoms with Crippen LogP contribution in [-0.4, -0.2) is 35.1 Å². The van der Waals surface area contributed by atoms with Crippen LogP contribution in [0.3, 0.4) is 0 Å². The van der Waals surface area contributed by atoms with E-state index in [4.69, 9.17) is 9.52 Å². The standard InChI is InChI=1S/C12H16BrNO3/c1-9(2)14(7-8-15)12(16)6-4-10-3-5-11(13)17-10/h3-6,9,15H,7-8H2,1-2H3/b6-4+. The summed E-state index contributed by atoms with van der Waals surface area (Å²) in [4.78, 5) is 13.4. The highest BCUT2D eigenvalue weighted by Gasteiger charge is 2.13. The first-order valence-electron chi connectivity index (χ1n) is 5.39. The quantitative estimate of drug-likeness (QED) is 0.849. The van der Waals surface area contributed by atoms with Gasteiger partial charge in [-0.05, 0) is 48.0 Å². The summed E-state index contributed by atoms with van der Waals surface area (Å²) in [5, 5.41) is 8.88. The zero-order valence-electron chi connectivity index (χ0n) is 9.89. The molecule has 1 amide bonds. The van der Waals surface area contributed by atoms with E-state index in [0.717, 1.165) is 0 Å². The predicted molar refractivity (Wildman–Crippen MR) is 69.4 cm³/mol. The Labute approximate surface area is 109 Å². The van der Waals surface area contributed by atoms with Crippen LogP contribution in [0.4, 0.5) is 0 Å². The van der Waals surface area contributed by atoms with E-state index in [2.05, 4.69) is 15.9 Å². The van der Waals surface area contributed by atoms with Crippen molar-refractivity contribution in [3.05, 3.63) is 28.6 Å². The van der Waals surface area contributed by atoms with Gasteiger partial charge in [0, 0.05) is 18.7 Å². The molecule has 4 nitrogen and oxygen atoms in total. The van der Waals surface area contributed by atoms with Crippen LogP contribution in [0, 0.1) is 0 Å². The summed E-state index contributed by atoms with van der Waals surface area (Å²) < 4.78 is 5.87. The van der Waals surface area contributed by atoms with Gasteiger partial charge in [-0.25, -0.2) is 0 Å². The maximum atomic E-state index is 11.8. The molecule has 0 radical (unpaired) electrons. The van der Waals surface area contributed by atoms with Gasteiger partial charge in [0.1, 0.15) is 5.76 Å². The van der Waals surface area contributed by atoms with Gasteiger partial charge < -0.3 is 14.4 Å². The number of hydrogen-bond acceptors (Lipinski definition) is 3. The third-order valence-electron chi connectivity index (χ3n) is 2.23. The minimum atomic E-state index is -0.137. The molecule has 0 saturated heterocycles. The number of furan rings is 1. The van der Waals surface area contributed by atoms with Crippen LogP contribution in [0.5, 0.6) is 0 Å². The zero-order chi connectivity index (χ0) is 12.8. The second-order valence-corrected chi connectivity index (χ2v) is 4.61. The zero-order valence-corrected chi connectivity index (χ0v) is 11.5. The summed E-state index contributed by atoms with van der Waals surface area (Å²) in [5.74, 6) is 0.472. The molecule has 1 rings (SSSR count). The number of aliphatic hydroxyl groups excluding tert-OH is 1. The summed E-state index contributed by atoms with van der Waals surface area (Å²) in [7, 11) is 0. The molecule has 1 heterocycles. The second kappa shape index (κ2) is 6.61. The lowest BCUT2D eigenvalue weighted by Crippen LogP contribution is -2.37. The summed E-state index contributed by atoms with van der Waals surface area (Å²) in [5.41, 5.74) is 0. The van der Waals surface area contributed by atoms with Gasteiger partial charge in [-0.15, -0.1) is 0 Å². The van der Waals surface area contributed by atoms with Gasteiger partial charge in [0.2, 0.25) is 5.91 Å². The third-order valence-corrected chi connectivity index (χ3v) is 2.66. The summed E-state index contributed by atoms with van der Waals surface area (Å²) in [6, 6.07) is 3.58. The van der Waals surface area contributed by atoms with E-state index >= 15 is 0 Å². The molecule has 94 valence electrons. The van der Waals surface area contributed by atoms with Gasteiger partial charge in [-0.2, -0.15) is 0 Å². The van der Waals surface area contributed by atoms with E-state index in [0.29, 0.717) is 17.0 Å². The Kier molecular flexibility index (Phi) is 5.44. The fraction of sp³-hybridized carbons (Fsp3) is 0.417. The van der Waals surface area contributed by atoms with E-state index < -0.39 is 0 Å². The molecule has 1 aromatic heterocycles. The molecular weight excluding hydrogens is 286 g/mol. The molecule has 1 aromatic rings. The van der Waals surface area contributed by atoms with Gasteiger partial charge >= 0.3 is 0 Å². The topological polar surface area (TPSA) is 53.7 Å². The van der Waals surface area contributed by atoms with Crippen molar-refractivity contribution in [3.8, 4) is 0 Å². The molecule has 0 spiro atoms. The number of hydrogen-bond donors (Lipinski definition) is 1. The van der Waals surface area contributed by atoms with Gasteiger partial charge in [0.25, 0.3) is 0 Å². The second-order valence-electron chi connectivity index (χ2n) is 3.82. The minimum Gasteiger partial charge on any atom is -0.450 e. The van der Waals surface area contributed by atoms with Crippen LogP contribution in [0.2, 0.25) is 0 Å². The van der Waals surface area contributed by atoms with Crippen LogP contribution < -0.4 is 0 Å².